The van der Waals surface area contributed by atoms with Crippen molar-refractivity contribution in [3.63, 3.8) is 0 Å². The average molecular weight is 249 g/mol. The zero-order valence-electron chi connectivity index (χ0n) is 11.4. The van der Waals surface area contributed by atoms with Gasteiger partial charge in [0, 0.05) is 24.5 Å². The van der Waals surface area contributed by atoms with Gasteiger partial charge in [0.05, 0.1) is 6.54 Å². The van der Waals surface area contributed by atoms with Crippen LogP contribution in [-0.2, 0) is 4.79 Å². The molecule has 0 fully saturated rings. The highest BCUT2D eigenvalue weighted by molar-refractivity contribution is 5.78. The first-order chi connectivity index (χ1) is 8.67. The van der Waals surface area contributed by atoms with E-state index in [4.69, 9.17) is 0 Å². The van der Waals surface area contributed by atoms with E-state index >= 15 is 0 Å². The summed E-state index contributed by atoms with van der Waals surface area (Å²) in [5.41, 5.74) is 1.14. The largest absolute Gasteiger partial charge is 0.352 e. The summed E-state index contributed by atoms with van der Waals surface area (Å²) in [4.78, 5) is 15.7. The van der Waals surface area contributed by atoms with E-state index in [0.29, 0.717) is 6.54 Å². The van der Waals surface area contributed by atoms with Crippen LogP contribution in [0.1, 0.15) is 45.2 Å². The minimum atomic E-state index is 0.0598. The van der Waals surface area contributed by atoms with Crippen molar-refractivity contribution in [3.8, 4) is 0 Å². The Hall–Kier alpha value is -1.42. The normalized spacial score (nSPS) is 12.4. The van der Waals surface area contributed by atoms with Crippen LogP contribution in [0.3, 0.4) is 0 Å². The third-order valence-electron chi connectivity index (χ3n) is 3.13. The molecule has 0 aliphatic carbocycles. The highest BCUT2D eigenvalue weighted by Crippen LogP contribution is 2.09. The van der Waals surface area contributed by atoms with Crippen LogP contribution in [0.15, 0.2) is 24.5 Å². The quantitative estimate of drug-likeness (QED) is 0.777. The van der Waals surface area contributed by atoms with Gasteiger partial charge in [-0.2, -0.15) is 0 Å². The number of nitrogens with one attached hydrogen (secondary N) is 2. The molecule has 0 bridgehead atoms. The lowest BCUT2D eigenvalue weighted by Gasteiger charge is -2.17. The molecule has 2 N–H and O–H groups in total. The molecule has 0 radical (unpaired) electrons. The fraction of sp³-hybridized carbons (Fsp3) is 0.571. The maximum atomic E-state index is 11.7. The summed E-state index contributed by atoms with van der Waals surface area (Å²) in [5.74, 6) is 0.0598. The summed E-state index contributed by atoms with van der Waals surface area (Å²) in [7, 11) is 0. The minimum absolute atomic E-state index is 0.0598. The molecule has 1 aromatic rings. The van der Waals surface area contributed by atoms with Crippen LogP contribution in [0, 0.1) is 0 Å². The van der Waals surface area contributed by atoms with Gasteiger partial charge in [0.2, 0.25) is 5.91 Å². The molecule has 4 nitrogen and oxygen atoms in total. The van der Waals surface area contributed by atoms with E-state index in [1.807, 2.05) is 19.1 Å². The van der Waals surface area contributed by atoms with Crippen LogP contribution in [0.5, 0.6) is 0 Å². The second-order valence-corrected chi connectivity index (χ2v) is 4.46. The van der Waals surface area contributed by atoms with E-state index in [0.717, 1.165) is 18.4 Å². The second kappa shape index (κ2) is 7.82. The van der Waals surface area contributed by atoms with Crippen molar-refractivity contribution in [2.75, 3.05) is 6.54 Å². The predicted octanol–water partition coefficient (Wildman–Crippen LogP) is 2.04. The average Bonchev–Trinajstić information content (AvgIpc) is 2.43. The summed E-state index contributed by atoms with van der Waals surface area (Å²) in [6, 6.07) is 4.35. The summed E-state index contributed by atoms with van der Waals surface area (Å²) in [6.45, 7) is 6.56. The number of rotatable bonds is 7. The SMILES string of the molecule is CCC(CC)NC(=O)CNC(C)c1ccncc1. The monoisotopic (exact) mass is 249 g/mol. The Morgan fingerprint density at radius 2 is 1.89 bits per heavy atom. The highest BCUT2D eigenvalue weighted by Gasteiger charge is 2.10. The van der Waals surface area contributed by atoms with Crippen molar-refractivity contribution in [2.45, 2.75) is 45.7 Å². The van der Waals surface area contributed by atoms with Gasteiger partial charge < -0.3 is 10.6 Å². The first kappa shape index (κ1) is 14.6. The van der Waals surface area contributed by atoms with Crippen LogP contribution >= 0.6 is 0 Å². The molecular weight excluding hydrogens is 226 g/mol. The predicted molar refractivity (Wildman–Crippen MR) is 73.2 cm³/mol. The molecule has 0 aliphatic heterocycles. The van der Waals surface area contributed by atoms with E-state index in [1.54, 1.807) is 12.4 Å². The highest BCUT2D eigenvalue weighted by atomic mass is 16.1. The fourth-order valence-electron chi connectivity index (χ4n) is 1.79. The van der Waals surface area contributed by atoms with Crippen LogP contribution in [0.4, 0.5) is 0 Å². The van der Waals surface area contributed by atoms with Crippen molar-refractivity contribution < 1.29 is 4.79 Å². The van der Waals surface area contributed by atoms with Crippen molar-refractivity contribution >= 4 is 5.91 Å². The number of nitrogens with zero attached hydrogens (tertiary/aromatic N) is 1. The Morgan fingerprint density at radius 3 is 2.44 bits per heavy atom. The maximum absolute atomic E-state index is 11.7. The Bertz CT molecular complexity index is 349. The van der Waals surface area contributed by atoms with Gasteiger partial charge >= 0.3 is 0 Å². The van der Waals surface area contributed by atoms with Gasteiger partial charge in [-0.1, -0.05) is 13.8 Å². The molecule has 1 heterocycles. The molecule has 100 valence electrons. The van der Waals surface area contributed by atoms with Gasteiger partial charge in [-0.3, -0.25) is 9.78 Å². The smallest absolute Gasteiger partial charge is 0.234 e. The molecule has 1 aromatic heterocycles. The van der Waals surface area contributed by atoms with Gasteiger partial charge in [0.15, 0.2) is 0 Å². The lowest BCUT2D eigenvalue weighted by Crippen LogP contribution is -2.40. The zero-order valence-corrected chi connectivity index (χ0v) is 11.4. The van der Waals surface area contributed by atoms with Gasteiger partial charge in [-0.15, -0.1) is 0 Å². The van der Waals surface area contributed by atoms with Crippen LogP contribution in [-0.4, -0.2) is 23.5 Å². The topological polar surface area (TPSA) is 54.0 Å². The van der Waals surface area contributed by atoms with Crippen molar-refractivity contribution in [2.24, 2.45) is 0 Å². The molecule has 0 saturated heterocycles. The minimum Gasteiger partial charge on any atom is -0.352 e. The summed E-state index contributed by atoms with van der Waals surface area (Å²) in [6.07, 6.45) is 5.47. The molecule has 1 atom stereocenters. The fourth-order valence-corrected chi connectivity index (χ4v) is 1.79. The third-order valence-corrected chi connectivity index (χ3v) is 3.13. The first-order valence-corrected chi connectivity index (χ1v) is 6.60. The molecule has 0 spiro atoms. The number of hydrogen-bond donors (Lipinski definition) is 2. The Kier molecular flexibility index (Phi) is 6.36. The number of carbonyl (C=O) groups is 1. The van der Waals surface area contributed by atoms with E-state index in [9.17, 15) is 4.79 Å². The van der Waals surface area contributed by atoms with Crippen molar-refractivity contribution in [1.82, 2.24) is 15.6 Å². The molecule has 0 aliphatic rings. The van der Waals surface area contributed by atoms with E-state index in [2.05, 4.69) is 29.5 Å². The summed E-state index contributed by atoms with van der Waals surface area (Å²) in [5, 5.41) is 6.22. The maximum Gasteiger partial charge on any atom is 0.234 e. The zero-order chi connectivity index (χ0) is 13.4. The van der Waals surface area contributed by atoms with Gasteiger partial charge in [0.1, 0.15) is 0 Å². The second-order valence-electron chi connectivity index (χ2n) is 4.46. The lowest BCUT2D eigenvalue weighted by atomic mass is 10.1. The van der Waals surface area contributed by atoms with E-state index in [1.165, 1.54) is 0 Å². The van der Waals surface area contributed by atoms with Crippen LogP contribution in [0.25, 0.3) is 0 Å². The standard InChI is InChI=1S/C14H23N3O/c1-4-13(5-2)17-14(18)10-16-11(3)12-6-8-15-9-7-12/h6-9,11,13,16H,4-5,10H2,1-3H3,(H,17,18). The summed E-state index contributed by atoms with van der Waals surface area (Å²) >= 11 is 0. The lowest BCUT2D eigenvalue weighted by molar-refractivity contribution is -0.121. The van der Waals surface area contributed by atoms with E-state index in [-0.39, 0.29) is 18.0 Å². The molecule has 1 unspecified atom stereocenters. The molecule has 18 heavy (non-hydrogen) atoms. The number of carbonyl (C=O) groups excluding carboxylic acids is 1. The molecular formula is C14H23N3O. The van der Waals surface area contributed by atoms with Gasteiger partial charge in [-0.05, 0) is 37.5 Å². The van der Waals surface area contributed by atoms with Crippen molar-refractivity contribution in [3.05, 3.63) is 30.1 Å². The summed E-state index contributed by atoms with van der Waals surface area (Å²) < 4.78 is 0. The number of amides is 1. The Balaban J connectivity index is 2.34. The van der Waals surface area contributed by atoms with Gasteiger partial charge in [-0.25, -0.2) is 0 Å². The number of hydrogen-bond acceptors (Lipinski definition) is 3. The number of pyridine rings is 1. The molecule has 1 amide bonds. The van der Waals surface area contributed by atoms with Gasteiger partial charge in [0.25, 0.3) is 0 Å². The van der Waals surface area contributed by atoms with Crippen LogP contribution < -0.4 is 10.6 Å². The van der Waals surface area contributed by atoms with Crippen LogP contribution in [0.2, 0.25) is 0 Å². The molecule has 0 aromatic carbocycles. The molecule has 0 saturated carbocycles. The van der Waals surface area contributed by atoms with Crippen molar-refractivity contribution in [1.29, 1.82) is 0 Å². The van der Waals surface area contributed by atoms with E-state index < -0.39 is 0 Å². The molecule has 4 heteroatoms. The first-order valence-electron chi connectivity index (χ1n) is 6.60. The molecule has 1 rings (SSSR count). The number of aromatic nitrogens is 1. The Labute approximate surface area is 109 Å². The third kappa shape index (κ3) is 4.84. The Morgan fingerprint density at radius 1 is 1.28 bits per heavy atom.